The third-order valence-electron chi connectivity index (χ3n) is 2.88. The largest absolute Gasteiger partial charge is 0.447 e. The molecule has 1 heterocycles. The van der Waals surface area contributed by atoms with Gasteiger partial charge >= 0.3 is 0 Å². The van der Waals surface area contributed by atoms with Crippen LogP contribution in [0.15, 0.2) is 40.0 Å². The second-order valence-corrected chi connectivity index (χ2v) is 5.95. The number of rotatable bonds is 5. The second kappa shape index (κ2) is 5.54. The highest BCUT2D eigenvalue weighted by Gasteiger charge is 2.15. The van der Waals surface area contributed by atoms with Crippen molar-refractivity contribution in [1.82, 2.24) is 9.71 Å². The highest BCUT2D eigenvalue weighted by Crippen LogP contribution is 2.13. The van der Waals surface area contributed by atoms with Crippen molar-refractivity contribution in [2.45, 2.75) is 31.7 Å². The Morgan fingerprint density at radius 3 is 2.79 bits per heavy atom. The van der Waals surface area contributed by atoms with Gasteiger partial charge in [-0.15, -0.1) is 0 Å². The molecule has 102 valence electrons. The van der Waals surface area contributed by atoms with Crippen LogP contribution >= 0.6 is 0 Å². The zero-order valence-corrected chi connectivity index (χ0v) is 11.7. The Labute approximate surface area is 112 Å². The van der Waals surface area contributed by atoms with Crippen molar-refractivity contribution in [3.63, 3.8) is 0 Å². The lowest BCUT2D eigenvalue weighted by Gasteiger charge is -2.07. The lowest BCUT2D eigenvalue weighted by molar-refractivity contribution is 0.492. The molecule has 2 rings (SSSR count). The Kier molecular flexibility index (Phi) is 4.01. The summed E-state index contributed by atoms with van der Waals surface area (Å²) in [5, 5.41) is 0. The predicted molar refractivity (Wildman–Crippen MR) is 71.1 cm³/mol. The van der Waals surface area contributed by atoms with Gasteiger partial charge in [0.2, 0.25) is 10.0 Å². The number of aryl methyl sites for hydroxylation is 2. The van der Waals surface area contributed by atoms with Gasteiger partial charge in [0.1, 0.15) is 5.76 Å². The molecule has 0 amide bonds. The number of benzene rings is 1. The van der Waals surface area contributed by atoms with E-state index in [0.717, 1.165) is 12.0 Å². The Hall–Kier alpha value is -1.66. The zero-order valence-electron chi connectivity index (χ0n) is 10.9. The van der Waals surface area contributed by atoms with Crippen LogP contribution in [0, 0.1) is 6.92 Å². The van der Waals surface area contributed by atoms with Crippen LogP contribution in [0.25, 0.3) is 0 Å². The molecule has 1 aromatic carbocycles. The minimum Gasteiger partial charge on any atom is -0.447 e. The fourth-order valence-electron chi connectivity index (χ4n) is 1.67. The van der Waals surface area contributed by atoms with E-state index in [2.05, 4.69) is 9.71 Å². The van der Waals surface area contributed by atoms with Crippen LogP contribution < -0.4 is 4.72 Å². The number of sulfonamides is 1. The molecule has 0 fully saturated rings. The molecule has 0 aliphatic heterocycles. The van der Waals surface area contributed by atoms with E-state index in [1.165, 1.54) is 6.39 Å². The minimum absolute atomic E-state index is 0.102. The van der Waals surface area contributed by atoms with E-state index in [4.69, 9.17) is 4.42 Å². The summed E-state index contributed by atoms with van der Waals surface area (Å²) < 4.78 is 31.9. The average molecular weight is 280 g/mol. The Bertz CT molecular complexity index is 662. The maximum atomic E-state index is 12.1. The molecule has 5 nitrogen and oxygen atoms in total. The Morgan fingerprint density at radius 1 is 1.37 bits per heavy atom. The standard InChI is InChI=1S/C13H16N2O3S/c1-3-11-5-4-6-12(7-11)19(16,17)15-8-13-10(2)14-9-18-13/h4-7,9,15H,3,8H2,1-2H3. The van der Waals surface area contributed by atoms with Gasteiger partial charge in [-0.1, -0.05) is 19.1 Å². The molecule has 0 atom stereocenters. The lowest BCUT2D eigenvalue weighted by Crippen LogP contribution is -2.23. The minimum atomic E-state index is -3.52. The van der Waals surface area contributed by atoms with Crippen LogP contribution in [-0.2, 0) is 23.0 Å². The van der Waals surface area contributed by atoms with Crippen LogP contribution in [0.5, 0.6) is 0 Å². The van der Waals surface area contributed by atoms with E-state index in [-0.39, 0.29) is 11.4 Å². The normalized spacial score (nSPS) is 11.7. The first-order valence-electron chi connectivity index (χ1n) is 6.00. The molecular formula is C13H16N2O3S. The van der Waals surface area contributed by atoms with E-state index in [1.807, 2.05) is 13.0 Å². The summed E-state index contributed by atoms with van der Waals surface area (Å²) in [6.45, 7) is 3.85. The molecule has 6 heteroatoms. The van der Waals surface area contributed by atoms with Crippen molar-refractivity contribution in [2.75, 3.05) is 0 Å². The van der Waals surface area contributed by atoms with Gasteiger partial charge in [0.15, 0.2) is 6.39 Å². The maximum absolute atomic E-state index is 12.1. The van der Waals surface area contributed by atoms with Gasteiger partial charge < -0.3 is 4.42 Å². The Balaban J connectivity index is 2.16. The van der Waals surface area contributed by atoms with Crippen molar-refractivity contribution in [3.8, 4) is 0 Å². The van der Waals surface area contributed by atoms with E-state index < -0.39 is 10.0 Å². The second-order valence-electron chi connectivity index (χ2n) is 4.19. The van der Waals surface area contributed by atoms with Crippen molar-refractivity contribution >= 4 is 10.0 Å². The van der Waals surface area contributed by atoms with Crippen LogP contribution in [0.2, 0.25) is 0 Å². The van der Waals surface area contributed by atoms with Crippen LogP contribution in [0.3, 0.4) is 0 Å². The zero-order chi connectivity index (χ0) is 13.9. The summed E-state index contributed by atoms with van der Waals surface area (Å²) in [5.74, 6) is 0.523. The van der Waals surface area contributed by atoms with Crippen molar-refractivity contribution in [1.29, 1.82) is 0 Å². The third kappa shape index (κ3) is 3.21. The van der Waals surface area contributed by atoms with Crippen molar-refractivity contribution < 1.29 is 12.8 Å². The maximum Gasteiger partial charge on any atom is 0.240 e. The summed E-state index contributed by atoms with van der Waals surface area (Å²) in [6.07, 6.45) is 2.10. The number of nitrogens with zero attached hydrogens (tertiary/aromatic N) is 1. The molecule has 0 saturated heterocycles. The van der Waals surface area contributed by atoms with Crippen LogP contribution in [0.1, 0.15) is 23.9 Å². The van der Waals surface area contributed by atoms with Gasteiger partial charge in [-0.05, 0) is 31.0 Å². The fourth-order valence-corrected chi connectivity index (χ4v) is 2.72. The van der Waals surface area contributed by atoms with Crippen molar-refractivity contribution in [3.05, 3.63) is 47.7 Å². The molecule has 1 aromatic heterocycles. The first-order valence-corrected chi connectivity index (χ1v) is 7.49. The van der Waals surface area contributed by atoms with E-state index in [0.29, 0.717) is 11.5 Å². The summed E-state index contributed by atoms with van der Waals surface area (Å²) >= 11 is 0. The van der Waals surface area contributed by atoms with Crippen molar-refractivity contribution in [2.24, 2.45) is 0 Å². The molecule has 0 spiro atoms. The topological polar surface area (TPSA) is 72.2 Å². The molecule has 0 unspecified atom stereocenters. The molecule has 19 heavy (non-hydrogen) atoms. The highest BCUT2D eigenvalue weighted by atomic mass is 32.2. The van der Waals surface area contributed by atoms with Crippen LogP contribution in [-0.4, -0.2) is 13.4 Å². The molecule has 0 aliphatic carbocycles. The monoisotopic (exact) mass is 280 g/mol. The van der Waals surface area contributed by atoms with E-state index in [9.17, 15) is 8.42 Å². The Morgan fingerprint density at radius 2 is 2.16 bits per heavy atom. The molecule has 0 aliphatic rings. The number of hydrogen-bond acceptors (Lipinski definition) is 4. The lowest BCUT2D eigenvalue weighted by atomic mass is 10.2. The molecule has 2 aromatic rings. The summed E-state index contributed by atoms with van der Waals surface area (Å²) in [4.78, 5) is 4.18. The highest BCUT2D eigenvalue weighted by molar-refractivity contribution is 7.89. The summed E-state index contributed by atoms with van der Waals surface area (Å²) in [6, 6.07) is 6.90. The van der Waals surface area contributed by atoms with Gasteiger partial charge in [-0.25, -0.2) is 18.1 Å². The summed E-state index contributed by atoms with van der Waals surface area (Å²) in [7, 11) is -3.52. The fraction of sp³-hybridized carbons (Fsp3) is 0.308. The molecule has 0 bridgehead atoms. The van der Waals surface area contributed by atoms with Gasteiger partial charge in [-0.3, -0.25) is 0 Å². The number of hydrogen-bond donors (Lipinski definition) is 1. The first-order chi connectivity index (χ1) is 9.03. The van der Waals surface area contributed by atoms with E-state index >= 15 is 0 Å². The van der Waals surface area contributed by atoms with Gasteiger partial charge in [0.05, 0.1) is 17.1 Å². The SMILES string of the molecule is CCc1cccc(S(=O)(=O)NCc2ocnc2C)c1. The molecular weight excluding hydrogens is 264 g/mol. The third-order valence-corrected chi connectivity index (χ3v) is 4.28. The van der Waals surface area contributed by atoms with Gasteiger partial charge in [0, 0.05) is 0 Å². The molecule has 0 radical (unpaired) electrons. The van der Waals surface area contributed by atoms with Gasteiger partial charge in [-0.2, -0.15) is 0 Å². The number of aromatic nitrogens is 1. The number of nitrogens with one attached hydrogen (secondary N) is 1. The van der Waals surface area contributed by atoms with E-state index in [1.54, 1.807) is 25.1 Å². The quantitative estimate of drug-likeness (QED) is 0.909. The average Bonchev–Trinajstić information content (AvgIpc) is 2.82. The predicted octanol–water partition coefficient (Wildman–Crippen LogP) is 2.02. The molecule has 1 N–H and O–H groups in total. The first kappa shape index (κ1) is 13.8. The van der Waals surface area contributed by atoms with Crippen LogP contribution in [0.4, 0.5) is 0 Å². The smallest absolute Gasteiger partial charge is 0.240 e. The van der Waals surface area contributed by atoms with Gasteiger partial charge in [0.25, 0.3) is 0 Å². The number of oxazole rings is 1. The summed E-state index contributed by atoms with van der Waals surface area (Å²) in [5.41, 5.74) is 1.67. The molecule has 0 saturated carbocycles.